The third kappa shape index (κ3) is 2.74. The Balaban J connectivity index is 1.66. The summed E-state index contributed by atoms with van der Waals surface area (Å²) in [6.07, 6.45) is 2.32. The Bertz CT molecular complexity index is 562. The molecule has 1 aliphatic heterocycles. The van der Waals surface area contributed by atoms with Crippen LogP contribution in [0.1, 0.15) is 35.4 Å². The van der Waals surface area contributed by atoms with E-state index in [0.29, 0.717) is 6.04 Å². The molecule has 1 aromatic heterocycles. The summed E-state index contributed by atoms with van der Waals surface area (Å²) in [4.78, 5) is 3.78. The van der Waals surface area contributed by atoms with E-state index in [1.807, 2.05) is 11.3 Å². The third-order valence-electron chi connectivity index (χ3n) is 4.12. The first-order valence-electron chi connectivity index (χ1n) is 7.37. The van der Waals surface area contributed by atoms with E-state index in [1.165, 1.54) is 28.1 Å². The Kier molecular flexibility index (Phi) is 4.08. The summed E-state index contributed by atoms with van der Waals surface area (Å²) in [6, 6.07) is 11.7. The van der Waals surface area contributed by atoms with Gasteiger partial charge in [0.2, 0.25) is 0 Å². The minimum Gasteiger partial charge on any atom is -0.374 e. The lowest BCUT2D eigenvalue weighted by molar-refractivity contribution is 0.526. The van der Waals surface area contributed by atoms with E-state index in [1.54, 1.807) is 0 Å². The maximum Gasteiger partial charge on any atom is 0.0414 e. The molecule has 20 heavy (non-hydrogen) atoms. The standard InChI is InChI=1S/C17H22N2S/c1-3-15(17-5-4-10-20-17)18-12-13-6-7-16-14(11-13)8-9-19(16)2/h4-7,10-11,15,18H,3,8-9,12H2,1-2H3. The van der Waals surface area contributed by atoms with Gasteiger partial charge in [0.25, 0.3) is 0 Å². The molecular formula is C17H22N2S. The number of nitrogens with zero attached hydrogens (tertiary/aromatic N) is 1. The molecule has 106 valence electrons. The van der Waals surface area contributed by atoms with Gasteiger partial charge in [-0.15, -0.1) is 11.3 Å². The molecule has 0 aliphatic carbocycles. The van der Waals surface area contributed by atoms with E-state index in [-0.39, 0.29) is 0 Å². The first-order chi connectivity index (χ1) is 9.78. The minimum atomic E-state index is 0.478. The van der Waals surface area contributed by atoms with Gasteiger partial charge in [-0.2, -0.15) is 0 Å². The molecule has 0 fully saturated rings. The normalized spacial score (nSPS) is 15.4. The highest BCUT2D eigenvalue weighted by atomic mass is 32.1. The average Bonchev–Trinajstić information content (AvgIpc) is 3.10. The van der Waals surface area contributed by atoms with Crippen LogP contribution in [0.15, 0.2) is 35.7 Å². The lowest BCUT2D eigenvalue weighted by atomic mass is 10.1. The molecule has 3 rings (SSSR count). The van der Waals surface area contributed by atoms with Crippen molar-refractivity contribution in [2.45, 2.75) is 32.4 Å². The zero-order chi connectivity index (χ0) is 13.9. The molecule has 3 heteroatoms. The maximum absolute atomic E-state index is 3.69. The Labute approximate surface area is 125 Å². The largest absolute Gasteiger partial charge is 0.374 e. The van der Waals surface area contributed by atoms with E-state index in [4.69, 9.17) is 0 Å². The van der Waals surface area contributed by atoms with Crippen molar-refractivity contribution in [2.75, 3.05) is 18.5 Å². The van der Waals surface area contributed by atoms with E-state index in [2.05, 4.69) is 59.9 Å². The summed E-state index contributed by atoms with van der Waals surface area (Å²) < 4.78 is 0. The summed E-state index contributed by atoms with van der Waals surface area (Å²) in [5, 5.41) is 5.84. The molecule has 1 atom stereocenters. The molecule has 0 saturated carbocycles. The van der Waals surface area contributed by atoms with Gasteiger partial charge in [-0.25, -0.2) is 0 Å². The van der Waals surface area contributed by atoms with Crippen molar-refractivity contribution >= 4 is 17.0 Å². The monoisotopic (exact) mass is 286 g/mol. The number of fused-ring (bicyclic) bond motifs is 1. The molecule has 2 heterocycles. The second-order valence-corrected chi connectivity index (χ2v) is 6.47. The third-order valence-corrected chi connectivity index (χ3v) is 5.11. The Morgan fingerprint density at radius 2 is 2.25 bits per heavy atom. The fourth-order valence-corrected chi connectivity index (χ4v) is 3.79. The zero-order valence-corrected chi connectivity index (χ0v) is 13.0. The van der Waals surface area contributed by atoms with Gasteiger partial charge in [0.15, 0.2) is 0 Å². The van der Waals surface area contributed by atoms with E-state index in [9.17, 15) is 0 Å². The second kappa shape index (κ2) is 5.98. The number of hydrogen-bond donors (Lipinski definition) is 1. The summed E-state index contributed by atoms with van der Waals surface area (Å²) in [7, 11) is 2.17. The van der Waals surface area contributed by atoms with Crippen molar-refractivity contribution in [1.29, 1.82) is 0 Å². The SMILES string of the molecule is CCC(NCc1ccc2c(c1)CCN2C)c1cccs1. The highest BCUT2D eigenvalue weighted by Gasteiger charge is 2.16. The molecule has 1 aromatic carbocycles. The van der Waals surface area contributed by atoms with Crippen LogP contribution in [-0.2, 0) is 13.0 Å². The van der Waals surface area contributed by atoms with Gasteiger partial charge in [-0.05, 0) is 41.5 Å². The second-order valence-electron chi connectivity index (χ2n) is 5.49. The number of rotatable bonds is 5. The highest BCUT2D eigenvalue weighted by molar-refractivity contribution is 7.10. The number of anilines is 1. The molecule has 1 unspecified atom stereocenters. The van der Waals surface area contributed by atoms with Crippen molar-refractivity contribution in [3.8, 4) is 0 Å². The Morgan fingerprint density at radius 1 is 1.35 bits per heavy atom. The van der Waals surface area contributed by atoms with Gasteiger partial charge in [-0.1, -0.05) is 25.1 Å². The van der Waals surface area contributed by atoms with Gasteiger partial charge in [0, 0.05) is 36.7 Å². The quantitative estimate of drug-likeness (QED) is 0.894. The first kappa shape index (κ1) is 13.7. The fourth-order valence-electron chi connectivity index (χ4n) is 2.91. The molecule has 0 radical (unpaired) electrons. The molecular weight excluding hydrogens is 264 g/mol. The predicted octanol–water partition coefficient (Wildman–Crippen LogP) is 3.98. The van der Waals surface area contributed by atoms with Gasteiger partial charge in [0.1, 0.15) is 0 Å². The van der Waals surface area contributed by atoms with Gasteiger partial charge >= 0.3 is 0 Å². The van der Waals surface area contributed by atoms with Gasteiger partial charge in [0.05, 0.1) is 0 Å². The molecule has 0 saturated heterocycles. The van der Waals surface area contributed by atoms with Crippen LogP contribution in [0.25, 0.3) is 0 Å². The fraction of sp³-hybridized carbons (Fsp3) is 0.412. The van der Waals surface area contributed by atoms with Crippen LogP contribution >= 0.6 is 11.3 Å². The van der Waals surface area contributed by atoms with E-state index >= 15 is 0 Å². The molecule has 1 aliphatic rings. The maximum atomic E-state index is 3.69. The smallest absolute Gasteiger partial charge is 0.0414 e. The molecule has 0 spiro atoms. The Hall–Kier alpha value is -1.32. The van der Waals surface area contributed by atoms with E-state index in [0.717, 1.165) is 19.5 Å². The number of thiophene rings is 1. The van der Waals surface area contributed by atoms with Crippen molar-refractivity contribution in [3.63, 3.8) is 0 Å². The van der Waals surface area contributed by atoms with Crippen molar-refractivity contribution in [1.82, 2.24) is 5.32 Å². The average molecular weight is 286 g/mol. The molecule has 1 N–H and O–H groups in total. The van der Waals surface area contributed by atoms with Gasteiger partial charge < -0.3 is 10.2 Å². The summed E-state index contributed by atoms with van der Waals surface area (Å²) in [5.41, 5.74) is 4.30. The lowest BCUT2D eigenvalue weighted by Gasteiger charge is -2.16. The lowest BCUT2D eigenvalue weighted by Crippen LogP contribution is -2.19. The molecule has 0 amide bonds. The van der Waals surface area contributed by atoms with Gasteiger partial charge in [-0.3, -0.25) is 0 Å². The van der Waals surface area contributed by atoms with Crippen LogP contribution in [0.4, 0.5) is 5.69 Å². The molecule has 2 aromatic rings. The van der Waals surface area contributed by atoms with Crippen LogP contribution in [0.3, 0.4) is 0 Å². The predicted molar refractivity (Wildman–Crippen MR) is 87.6 cm³/mol. The molecule has 2 nitrogen and oxygen atoms in total. The number of hydrogen-bond acceptors (Lipinski definition) is 3. The summed E-state index contributed by atoms with van der Waals surface area (Å²) in [6.45, 7) is 4.35. The number of benzene rings is 1. The topological polar surface area (TPSA) is 15.3 Å². The van der Waals surface area contributed by atoms with Crippen LogP contribution in [0, 0.1) is 0 Å². The highest BCUT2D eigenvalue weighted by Crippen LogP contribution is 2.28. The van der Waals surface area contributed by atoms with E-state index < -0.39 is 0 Å². The van der Waals surface area contributed by atoms with Crippen molar-refractivity contribution < 1.29 is 0 Å². The number of likely N-dealkylation sites (N-methyl/N-ethyl adjacent to an activating group) is 1. The van der Waals surface area contributed by atoms with Crippen LogP contribution in [-0.4, -0.2) is 13.6 Å². The van der Waals surface area contributed by atoms with Crippen LogP contribution in [0.2, 0.25) is 0 Å². The Morgan fingerprint density at radius 3 is 3.00 bits per heavy atom. The number of nitrogens with one attached hydrogen (secondary N) is 1. The van der Waals surface area contributed by atoms with Crippen LogP contribution < -0.4 is 10.2 Å². The van der Waals surface area contributed by atoms with Crippen LogP contribution in [0.5, 0.6) is 0 Å². The van der Waals surface area contributed by atoms with Crippen molar-refractivity contribution in [2.24, 2.45) is 0 Å². The minimum absolute atomic E-state index is 0.478. The summed E-state index contributed by atoms with van der Waals surface area (Å²) >= 11 is 1.84. The van der Waals surface area contributed by atoms with Crippen molar-refractivity contribution in [3.05, 3.63) is 51.7 Å². The molecule has 0 bridgehead atoms. The summed E-state index contributed by atoms with van der Waals surface area (Å²) in [5.74, 6) is 0. The zero-order valence-electron chi connectivity index (χ0n) is 12.2. The first-order valence-corrected chi connectivity index (χ1v) is 8.25.